The number of methoxy groups -OCH3 is 1. The first-order chi connectivity index (χ1) is 13.5. The number of Topliss-reactive ketones (excluding diaryl/α,β-unsaturated/α-hetero) is 1. The van der Waals surface area contributed by atoms with E-state index in [2.05, 4.69) is 28.8 Å². The summed E-state index contributed by atoms with van der Waals surface area (Å²) in [4.78, 5) is 25.2. The molecule has 1 unspecified atom stereocenters. The van der Waals surface area contributed by atoms with Crippen molar-refractivity contribution >= 4 is 5.78 Å². The van der Waals surface area contributed by atoms with Crippen LogP contribution in [-0.4, -0.2) is 34.5 Å². The summed E-state index contributed by atoms with van der Waals surface area (Å²) < 4.78 is 11.3. The second kappa shape index (κ2) is 9.13. The third-order valence-corrected chi connectivity index (χ3v) is 5.62. The Kier molecular flexibility index (Phi) is 6.60. The van der Waals surface area contributed by atoms with E-state index in [1.807, 2.05) is 25.3 Å². The zero-order valence-corrected chi connectivity index (χ0v) is 17.1. The van der Waals surface area contributed by atoms with E-state index in [1.54, 1.807) is 13.3 Å². The maximum Gasteiger partial charge on any atom is 0.220 e. The number of nitrogens with zero attached hydrogens (tertiary/aromatic N) is 3. The van der Waals surface area contributed by atoms with Gasteiger partial charge in [-0.3, -0.25) is 9.78 Å². The first-order valence-electron chi connectivity index (χ1n) is 9.96. The summed E-state index contributed by atoms with van der Waals surface area (Å²) in [6.45, 7) is 6.68. The van der Waals surface area contributed by atoms with Crippen LogP contribution in [0.2, 0.25) is 0 Å². The van der Waals surface area contributed by atoms with Gasteiger partial charge < -0.3 is 9.47 Å². The molecule has 0 aliphatic heterocycles. The van der Waals surface area contributed by atoms with Gasteiger partial charge in [-0.05, 0) is 43.7 Å². The van der Waals surface area contributed by atoms with Crippen LogP contribution in [0.15, 0.2) is 24.5 Å². The number of pyridine rings is 1. The Morgan fingerprint density at radius 3 is 2.71 bits per heavy atom. The molecule has 2 aromatic heterocycles. The summed E-state index contributed by atoms with van der Waals surface area (Å²) in [6, 6.07) is 3.92. The zero-order chi connectivity index (χ0) is 20.1. The number of aromatic nitrogens is 3. The van der Waals surface area contributed by atoms with Crippen molar-refractivity contribution in [2.75, 3.05) is 13.7 Å². The van der Waals surface area contributed by atoms with Crippen molar-refractivity contribution in [3.63, 3.8) is 0 Å². The van der Waals surface area contributed by atoms with Crippen LogP contribution < -0.4 is 9.47 Å². The number of hydrogen-bond donors (Lipinski definition) is 0. The molecule has 1 aliphatic carbocycles. The van der Waals surface area contributed by atoms with E-state index in [-0.39, 0.29) is 17.8 Å². The maximum absolute atomic E-state index is 11.9. The number of hydrogen-bond acceptors (Lipinski definition) is 6. The fourth-order valence-corrected chi connectivity index (χ4v) is 3.57. The number of ketones is 1. The molecule has 2 heterocycles. The molecule has 0 bridgehead atoms. The first-order valence-corrected chi connectivity index (χ1v) is 9.96. The fourth-order valence-electron chi connectivity index (χ4n) is 3.57. The highest BCUT2D eigenvalue weighted by Gasteiger charge is 2.26. The maximum atomic E-state index is 11.9. The Labute approximate surface area is 166 Å². The van der Waals surface area contributed by atoms with Crippen molar-refractivity contribution in [2.24, 2.45) is 5.92 Å². The van der Waals surface area contributed by atoms with Gasteiger partial charge in [0.1, 0.15) is 17.4 Å². The molecule has 0 aromatic carbocycles. The molecule has 1 saturated carbocycles. The highest BCUT2D eigenvalue weighted by Crippen LogP contribution is 2.35. The van der Waals surface area contributed by atoms with Gasteiger partial charge >= 0.3 is 0 Å². The van der Waals surface area contributed by atoms with Gasteiger partial charge in [-0.1, -0.05) is 13.8 Å². The van der Waals surface area contributed by atoms with Gasteiger partial charge in [0.15, 0.2) is 0 Å². The summed E-state index contributed by atoms with van der Waals surface area (Å²) in [5.41, 5.74) is 1.97. The summed E-state index contributed by atoms with van der Waals surface area (Å²) in [5, 5.41) is 0. The molecular formula is C22H29N3O3. The molecule has 0 N–H and O–H groups in total. The second-order valence-corrected chi connectivity index (χ2v) is 7.71. The Balaban J connectivity index is 1.68. The molecule has 0 saturated heterocycles. The quantitative estimate of drug-likeness (QED) is 0.712. The fraction of sp³-hybridized carbons (Fsp3) is 0.545. The Bertz CT molecular complexity index is 807. The van der Waals surface area contributed by atoms with E-state index in [0.717, 1.165) is 29.8 Å². The Hall–Kier alpha value is -2.50. The molecule has 0 radical (unpaired) electrons. The van der Waals surface area contributed by atoms with Crippen LogP contribution >= 0.6 is 0 Å². The Morgan fingerprint density at radius 2 is 2.04 bits per heavy atom. The second-order valence-electron chi connectivity index (χ2n) is 7.71. The van der Waals surface area contributed by atoms with Crippen LogP contribution in [0.25, 0.3) is 0 Å². The summed E-state index contributed by atoms with van der Waals surface area (Å²) in [6.07, 6.45) is 6.72. The van der Waals surface area contributed by atoms with Crippen molar-refractivity contribution in [3.8, 4) is 11.6 Å². The summed E-state index contributed by atoms with van der Waals surface area (Å²) >= 11 is 0. The predicted octanol–water partition coefficient (Wildman–Crippen LogP) is 4.23. The smallest absolute Gasteiger partial charge is 0.220 e. The number of ether oxygens (including phenoxy) is 2. The number of rotatable bonds is 7. The minimum Gasteiger partial charge on any atom is -0.495 e. The van der Waals surface area contributed by atoms with E-state index in [1.165, 1.54) is 0 Å². The number of carbonyl (C=O) groups excluding carboxylic acids is 1. The van der Waals surface area contributed by atoms with Crippen molar-refractivity contribution in [3.05, 3.63) is 41.6 Å². The van der Waals surface area contributed by atoms with Crippen LogP contribution in [0.4, 0.5) is 0 Å². The molecule has 1 fully saturated rings. The normalized spacial score (nSPS) is 19.1. The van der Waals surface area contributed by atoms with Crippen molar-refractivity contribution in [1.29, 1.82) is 0 Å². The van der Waals surface area contributed by atoms with Crippen molar-refractivity contribution in [2.45, 2.75) is 58.3 Å². The lowest BCUT2D eigenvalue weighted by Gasteiger charge is -2.24. The monoisotopic (exact) mass is 383 g/mol. The van der Waals surface area contributed by atoms with Gasteiger partial charge in [0.25, 0.3) is 0 Å². The van der Waals surface area contributed by atoms with Crippen LogP contribution in [0.5, 0.6) is 11.6 Å². The lowest BCUT2D eigenvalue weighted by atomic mass is 9.84. The predicted molar refractivity (Wildman–Crippen MR) is 107 cm³/mol. The third-order valence-electron chi connectivity index (χ3n) is 5.62. The average Bonchev–Trinajstić information content (AvgIpc) is 2.71. The average molecular weight is 383 g/mol. The van der Waals surface area contributed by atoms with Crippen LogP contribution in [0.1, 0.15) is 68.4 Å². The molecule has 1 aliphatic rings. The van der Waals surface area contributed by atoms with Crippen LogP contribution in [0, 0.1) is 12.8 Å². The molecule has 2 aromatic rings. The van der Waals surface area contributed by atoms with Gasteiger partial charge in [0, 0.05) is 36.2 Å². The summed E-state index contributed by atoms with van der Waals surface area (Å²) in [5.74, 6) is 3.00. The molecule has 0 spiro atoms. The minimum atomic E-state index is 0.160. The third kappa shape index (κ3) is 4.86. The molecule has 3 rings (SSSR count). The van der Waals surface area contributed by atoms with Gasteiger partial charge in [-0.2, -0.15) is 4.98 Å². The number of carbonyl (C=O) groups is 1. The van der Waals surface area contributed by atoms with Gasteiger partial charge in [-0.25, -0.2) is 4.98 Å². The highest BCUT2D eigenvalue weighted by molar-refractivity contribution is 5.80. The molecule has 28 heavy (non-hydrogen) atoms. The van der Waals surface area contributed by atoms with Crippen LogP contribution in [0.3, 0.4) is 0 Å². The van der Waals surface area contributed by atoms with Gasteiger partial charge in [0.05, 0.1) is 19.9 Å². The molecule has 6 heteroatoms. The van der Waals surface area contributed by atoms with E-state index in [9.17, 15) is 4.79 Å². The molecule has 150 valence electrons. The highest BCUT2D eigenvalue weighted by atomic mass is 16.5. The van der Waals surface area contributed by atoms with E-state index in [0.29, 0.717) is 36.9 Å². The Morgan fingerprint density at radius 1 is 1.21 bits per heavy atom. The molecule has 0 amide bonds. The minimum absolute atomic E-state index is 0.160. The molecule has 6 nitrogen and oxygen atoms in total. The first kappa shape index (κ1) is 20.2. The van der Waals surface area contributed by atoms with Crippen molar-refractivity contribution < 1.29 is 14.3 Å². The lowest BCUT2D eigenvalue weighted by molar-refractivity contribution is -0.120. The topological polar surface area (TPSA) is 74.2 Å². The van der Waals surface area contributed by atoms with E-state index < -0.39 is 0 Å². The van der Waals surface area contributed by atoms with Gasteiger partial charge in [0.2, 0.25) is 5.88 Å². The van der Waals surface area contributed by atoms with Crippen molar-refractivity contribution in [1.82, 2.24) is 15.0 Å². The summed E-state index contributed by atoms with van der Waals surface area (Å²) in [7, 11) is 1.64. The standard InChI is InChI=1S/C22H29N3O3/c1-14(15(2)21-9-8-19(27-4)11-24-21)13-28-22-20(12-23-16(3)25-22)17-6-5-7-18(26)10-17/h8-9,11-12,14-15,17H,5-7,10,13H2,1-4H3/t14-,15+,17?/m1/s1. The zero-order valence-electron chi connectivity index (χ0n) is 17.1. The molecular weight excluding hydrogens is 354 g/mol. The number of aryl methyl sites for hydroxylation is 1. The SMILES string of the molecule is COc1ccc([C@@H](C)[C@H](C)COc2nc(C)ncc2C2CCCC(=O)C2)nc1. The van der Waals surface area contributed by atoms with E-state index >= 15 is 0 Å². The van der Waals surface area contributed by atoms with Gasteiger partial charge in [-0.15, -0.1) is 0 Å². The lowest BCUT2D eigenvalue weighted by Crippen LogP contribution is -2.19. The largest absolute Gasteiger partial charge is 0.495 e. The van der Waals surface area contributed by atoms with Crippen LogP contribution in [-0.2, 0) is 4.79 Å². The van der Waals surface area contributed by atoms with E-state index in [4.69, 9.17) is 9.47 Å². The molecule has 3 atom stereocenters.